The molecule has 0 spiro atoms. The van der Waals surface area contributed by atoms with Crippen molar-refractivity contribution in [3.8, 4) is 0 Å². The normalized spacial score (nSPS) is 24.4. The summed E-state index contributed by atoms with van der Waals surface area (Å²) in [7, 11) is 1.73. The average molecular weight is 278 g/mol. The maximum absolute atomic E-state index is 5.11. The van der Waals surface area contributed by atoms with E-state index in [0.29, 0.717) is 0 Å². The topological polar surface area (TPSA) is 33.5 Å². The Morgan fingerprint density at radius 2 is 2.15 bits per heavy atom. The Morgan fingerprint density at radius 1 is 1.25 bits per heavy atom. The smallest absolute Gasteiger partial charge is 0.0753 e. The van der Waals surface area contributed by atoms with Crippen LogP contribution in [0.5, 0.6) is 0 Å². The van der Waals surface area contributed by atoms with Crippen molar-refractivity contribution in [1.82, 2.24) is 14.7 Å². The molecule has 0 aliphatic carbocycles. The fourth-order valence-electron chi connectivity index (χ4n) is 3.43. The first-order valence-electron chi connectivity index (χ1n) is 7.87. The number of piperidine rings is 1. The number of hydrogen-bond acceptors (Lipinski definition) is 4. The van der Waals surface area contributed by atoms with E-state index in [-0.39, 0.29) is 0 Å². The van der Waals surface area contributed by atoms with Crippen LogP contribution in [0.25, 0.3) is 0 Å². The number of ether oxygens (including phenoxy) is 1. The lowest BCUT2D eigenvalue weighted by molar-refractivity contribution is 0.162. The third-order valence-corrected chi connectivity index (χ3v) is 4.56. The quantitative estimate of drug-likeness (QED) is 0.837. The van der Waals surface area contributed by atoms with Crippen LogP contribution in [0.15, 0.2) is 12.4 Å². The van der Waals surface area contributed by atoms with Gasteiger partial charge in [0.1, 0.15) is 0 Å². The van der Waals surface area contributed by atoms with Gasteiger partial charge in [-0.15, -0.1) is 0 Å². The molecule has 0 bridgehead atoms. The molecule has 1 atom stereocenters. The van der Waals surface area contributed by atoms with Crippen LogP contribution in [-0.2, 0) is 11.3 Å². The Kier molecular flexibility index (Phi) is 4.58. The minimum absolute atomic E-state index is 0.720. The van der Waals surface area contributed by atoms with Crippen molar-refractivity contribution in [2.45, 2.75) is 38.3 Å². The highest BCUT2D eigenvalue weighted by Crippen LogP contribution is 2.24. The molecule has 0 saturated carbocycles. The van der Waals surface area contributed by atoms with Crippen molar-refractivity contribution in [3.05, 3.63) is 12.4 Å². The monoisotopic (exact) mass is 278 g/mol. The minimum atomic E-state index is 0.720. The summed E-state index contributed by atoms with van der Waals surface area (Å²) in [4.78, 5) is 5.21. The van der Waals surface area contributed by atoms with Gasteiger partial charge in [0, 0.05) is 39.0 Å². The summed E-state index contributed by atoms with van der Waals surface area (Å²) in [6.07, 6.45) is 9.56. The van der Waals surface area contributed by atoms with Crippen LogP contribution in [0.1, 0.15) is 25.7 Å². The predicted molar refractivity (Wildman–Crippen MR) is 80.1 cm³/mol. The van der Waals surface area contributed by atoms with Crippen LogP contribution in [-0.4, -0.2) is 60.6 Å². The van der Waals surface area contributed by atoms with Gasteiger partial charge in [-0.2, -0.15) is 5.10 Å². The summed E-state index contributed by atoms with van der Waals surface area (Å²) in [5, 5.41) is 4.44. The molecule has 5 heteroatoms. The van der Waals surface area contributed by atoms with E-state index < -0.39 is 0 Å². The van der Waals surface area contributed by atoms with Gasteiger partial charge >= 0.3 is 0 Å². The van der Waals surface area contributed by atoms with Crippen molar-refractivity contribution >= 4 is 5.69 Å². The third-order valence-electron chi connectivity index (χ3n) is 4.56. The van der Waals surface area contributed by atoms with E-state index in [9.17, 15) is 0 Å². The fourth-order valence-corrected chi connectivity index (χ4v) is 3.43. The Labute approximate surface area is 121 Å². The molecular formula is C15H26N4O. The number of fused-ring (bicyclic) bond motifs is 1. The summed E-state index contributed by atoms with van der Waals surface area (Å²) in [5.74, 6) is 0. The molecule has 112 valence electrons. The number of methoxy groups -OCH3 is 1. The number of anilines is 1. The summed E-state index contributed by atoms with van der Waals surface area (Å²) in [5.41, 5.74) is 1.27. The Morgan fingerprint density at radius 3 is 3.05 bits per heavy atom. The average Bonchev–Trinajstić information content (AvgIpc) is 2.84. The molecule has 2 saturated heterocycles. The first kappa shape index (κ1) is 13.9. The zero-order valence-corrected chi connectivity index (χ0v) is 12.5. The molecule has 1 aromatic rings. The molecule has 2 aliphatic rings. The maximum atomic E-state index is 5.11. The van der Waals surface area contributed by atoms with Crippen molar-refractivity contribution in [1.29, 1.82) is 0 Å². The number of rotatable bonds is 4. The first-order chi connectivity index (χ1) is 9.86. The molecule has 1 unspecified atom stereocenters. The molecule has 2 fully saturated rings. The Bertz CT molecular complexity index is 420. The Hall–Kier alpha value is -1.07. The largest absolute Gasteiger partial charge is 0.383 e. The zero-order valence-electron chi connectivity index (χ0n) is 12.5. The second-order valence-corrected chi connectivity index (χ2v) is 5.94. The van der Waals surface area contributed by atoms with Crippen LogP contribution in [0.3, 0.4) is 0 Å². The molecule has 3 heterocycles. The van der Waals surface area contributed by atoms with E-state index in [2.05, 4.69) is 21.1 Å². The van der Waals surface area contributed by atoms with Crippen LogP contribution in [0.2, 0.25) is 0 Å². The van der Waals surface area contributed by atoms with Crippen LogP contribution in [0.4, 0.5) is 5.69 Å². The number of hydrogen-bond donors (Lipinski definition) is 0. The van der Waals surface area contributed by atoms with E-state index in [4.69, 9.17) is 4.74 Å². The van der Waals surface area contributed by atoms with E-state index in [1.807, 2.05) is 10.9 Å². The SMILES string of the molecule is COCCn1cc(N2CCCN3CCCCC3C2)cn1. The van der Waals surface area contributed by atoms with Gasteiger partial charge in [0.25, 0.3) is 0 Å². The highest BCUT2D eigenvalue weighted by Gasteiger charge is 2.27. The Balaban J connectivity index is 1.65. The molecule has 2 aliphatic heterocycles. The first-order valence-corrected chi connectivity index (χ1v) is 7.87. The molecule has 0 aromatic carbocycles. The van der Waals surface area contributed by atoms with E-state index in [1.54, 1.807) is 7.11 Å². The standard InChI is InChI=1S/C15H26N4O/c1-20-10-9-19-13-15(11-16-19)18-8-4-7-17-6-3-2-5-14(17)12-18/h11,13-14H,2-10,12H2,1H3. The number of nitrogens with zero attached hydrogens (tertiary/aromatic N) is 4. The second-order valence-electron chi connectivity index (χ2n) is 5.94. The van der Waals surface area contributed by atoms with Gasteiger partial charge in [0.2, 0.25) is 0 Å². The van der Waals surface area contributed by atoms with Gasteiger partial charge in [-0.3, -0.25) is 9.58 Å². The molecule has 1 aromatic heterocycles. The van der Waals surface area contributed by atoms with E-state index >= 15 is 0 Å². The van der Waals surface area contributed by atoms with Crippen LogP contribution in [0, 0.1) is 0 Å². The predicted octanol–water partition coefficient (Wildman–Crippen LogP) is 1.59. The zero-order chi connectivity index (χ0) is 13.8. The van der Waals surface area contributed by atoms with Crippen molar-refractivity contribution in [3.63, 3.8) is 0 Å². The lowest BCUT2D eigenvalue weighted by atomic mass is 10.0. The van der Waals surface area contributed by atoms with Gasteiger partial charge in [0.15, 0.2) is 0 Å². The highest BCUT2D eigenvalue weighted by atomic mass is 16.5. The van der Waals surface area contributed by atoms with Crippen molar-refractivity contribution < 1.29 is 4.74 Å². The van der Waals surface area contributed by atoms with Crippen LogP contribution < -0.4 is 4.90 Å². The summed E-state index contributed by atoms with van der Waals surface area (Å²) < 4.78 is 7.10. The minimum Gasteiger partial charge on any atom is -0.383 e. The lowest BCUT2D eigenvalue weighted by Gasteiger charge is -2.35. The highest BCUT2D eigenvalue weighted by molar-refractivity contribution is 5.42. The maximum Gasteiger partial charge on any atom is 0.0753 e. The van der Waals surface area contributed by atoms with Crippen molar-refractivity contribution in [2.24, 2.45) is 0 Å². The molecule has 20 heavy (non-hydrogen) atoms. The van der Waals surface area contributed by atoms with Gasteiger partial charge in [-0.1, -0.05) is 6.42 Å². The summed E-state index contributed by atoms with van der Waals surface area (Å²) in [6.45, 7) is 6.43. The van der Waals surface area contributed by atoms with Gasteiger partial charge in [-0.05, 0) is 25.8 Å². The molecule has 0 radical (unpaired) electrons. The molecular weight excluding hydrogens is 252 g/mol. The lowest BCUT2D eigenvalue weighted by Crippen LogP contribution is -2.44. The van der Waals surface area contributed by atoms with Gasteiger partial charge in [0.05, 0.1) is 25.0 Å². The van der Waals surface area contributed by atoms with Gasteiger partial charge in [-0.25, -0.2) is 0 Å². The second kappa shape index (κ2) is 6.59. The molecule has 5 nitrogen and oxygen atoms in total. The van der Waals surface area contributed by atoms with Crippen molar-refractivity contribution in [2.75, 3.05) is 44.8 Å². The summed E-state index contributed by atoms with van der Waals surface area (Å²) in [6, 6.07) is 0.744. The molecule has 0 N–H and O–H groups in total. The van der Waals surface area contributed by atoms with E-state index in [0.717, 1.165) is 32.3 Å². The summed E-state index contributed by atoms with van der Waals surface area (Å²) >= 11 is 0. The molecule has 0 amide bonds. The fraction of sp³-hybridized carbons (Fsp3) is 0.800. The molecule has 3 rings (SSSR count). The van der Waals surface area contributed by atoms with Gasteiger partial charge < -0.3 is 9.64 Å². The van der Waals surface area contributed by atoms with Crippen LogP contribution >= 0.6 is 0 Å². The van der Waals surface area contributed by atoms with E-state index in [1.165, 1.54) is 44.5 Å². The third kappa shape index (κ3) is 3.15. The number of aromatic nitrogens is 2.